The fourth-order valence-electron chi connectivity index (χ4n) is 4.02. The molecule has 4 atom stereocenters. The maximum Gasteiger partial charge on any atom is 0.326 e. The van der Waals surface area contributed by atoms with Crippen molar-refractivity contribution in [3.63, 3.8) is 0 Å². The van der Waals surface area contributed by atoms with Crippen LogP contribution in [0.25, 0.3) is 0 Å². The first kappa shape index (κ1) is 22.9. The summed E-state index contributed by atoms with van der Waals surface area (Å²) in [4.78, 5) is 51.0. The second-order valence-electron chi connectivity index (χ2n) is 7.76. The molecule has 0 radical (unpaired) electrons. The minimum Gasteiger partial charge on any atom is -0.480 e. The Hall–Kier alpha value is -1.42. The molecule has 2 aliphatic heterocycles. The number of hydrogen-bond acceptors (Lipinski definition) is 6. The molecule has 0 aromatic rings. The quantitative estimate of drug-likeness (QED) is 0.357. The van der Waals surface area contributed by atoms with E-state index >= 15 is 0 Å². The summed E-state index contributed by atoms with van der Waals surface area (Å²) < 4.78 is -1.14. The highest BCUT2D eigenvalue weighted by Crippen LogP contribution is 2.39. The zero-order valence-corrected chi connectivity index (χ0v) is 17.9. The number of likely N-dealkylation sites (tertiary alicyclic amines) is 2. The van der Waals surface area contributed by atoms with Crippen LogP contribution >= 0.6 is 25.3 Å². The van der Waals surface area contributed by atoms with E-state index in [0.717, 1.165) is 0 Å². The molecule has 28 heavy (non-hydrogen) atoms. The van der Waals surface area contributed by atoms with Crippen LogP contribution in [0.15, 0.2) is 0 Å². The van der Waals surface area contributed by atoms with Crippen LogP contribution in [0.3, 0.4) is 0 Å². The third-order valence-electron chi connectivity index (χ3n) is 5.73. The summed E-state index contributed by atoms with van der Waals surface area (Å²) >= 11 is 9.03. The van der Waals surface area contributed by atoms with Gasteiger partial charge in [-0.2, -0.15) is 25.3 Å². The Morgan fingerprint density at radius 3 is 1.79 bits per heavy atom. The van der Waals surface area contributed by atoms with Gasteiger partial charge in [-0.25, -0.2) is 9.59 Å². The van der Waals surface area contributed by atoms with Crippen LogP contribution in [0.4, 0.5) is 0 Å². The molecule has 0 aliphatic carbocycles. The minimum atomic E-state index is -1.14. The smallest absolute Gasteiger partial charge is 0.326 e. The van der Waals surface area contributed by atoms with Crippen molar-refractivity contribution in [2.24, 2.45) is 11.8 Å². The minimum absolute atomic E-state index is 0.152. The third-order valence-corrected chi connectivity index (χ3v) is 6.87. The van der Waals surface area contributed by atoms with Crippen LogP contribution in [0, 0.1) is 11.8 Å². The monoisotopic (exact) mass is 432 g/mol. The second-order valence-corrected chi connectivity index (χ2v) is 9.71. The van der Waals surface area contributed by atoms with Crippen molar-refractivity contribution < 1.29 is 29.4 Å². The van der Waals surface area contributed by atoms with E-state index in [2.05, 4.69) is 25.3 Å². The Kier molecular flexibility index (Phi) is 7.30. The number of rotatable bonds is 7. The normalized spacial score (nSPS) is 24.9. The molecule has 0 aromatic carbocycles. The van der Waals surface area contributed by atoms with Gasteiger partial charge in [0.05, 0.1) is 10.00 Å². The lowest BCUT2D eigenvalue weighted by molar-refractivity contribution is -0.150. The average molecular weight is 433 g/mol. The number of carboxylic acids is 2. The van der Waals surface area contributed by atoms with Gasteiger partial charge in [-0.1, -0.05) is 13.8 Å². The molecule has 0 unspecified atom stereocenters. The molecule has 2 rings (SSSR count). The lowest BCUT2D eigenvalue weighted by atomic mass is 9.94. The maximum atomic E-state index is 12.8. The van der Waals surface area contributed by atoms with Crippen LogP contribution in [-0.2, 0) is 19.2 Å². The van der Waals surface area contributed by atoms with Gasteiger partial charge < -0.3 is 20.0 Å². The molecule has 0 aromatic heterocycles. The van der Waals surface area contributed by atoms with E-state index < -0.39 is 39.9 Å². The van der Waals surface area contributed by atoms with Crippen molar-refractivity contribution in [3.05, 3.63) is 0 Å². The van der Waals surface area contributed by atoms with E-state index in [-0.39, 0.29) is 18.2 Å². The number of aliphatic carboxylic acids is 2. The molecule has 2 aliphatic rings. The number of carboxylic acid groups (broad SMARTS) is 2. The zero-order chi connectivity index (χ0) is 21.2. The van der Waals surface area contributed by atoms with Crippen LogP contribution in [0.2, 0.25) is 0 Å². The molecule has 0 bridgehead atoms. The molecule has 2 heterocycles. The fourth-order valence-corrected chi connectivity index (χ4v) is 4.79. The van der Waals surface area contributed by atoms with Crippen LogP contribution in [0.5, 0.6) is 0 Å². The molecule has 0 saturated carbocycles. The first-order valence-electron chi connectivity index (χ1n) is 9.48. The van der Waals surface area contributed by atoms with E-state index in [9.17, 15) is 29.4 Å². The predicted molar refractivity (Wildman–Crippen MR) is 108 cm³/mol. The largest absolute Gasteiger partial charge is 0.480 e. The summed E-state index contributed by atoms with van der Waals surface area (Å²) in [7, 11) is 0. The van der Waals surface area contributed by atoms with E-state index in [4.69, 9.17) is 0 Å². The fraction of sp³-hybridized carbons (Fsp3) is 0.778. The number of thiol groups is 2. The third kappa shape index (κ3) is 4.76. The van der Waals surface area contributed by atoms with Gasteiger partial charge in [-0.15, -0.1) is 0 Å². The topological polar surface area (TPSA) is 115 Å². The number of amides is 2. The molecule has 2 amide bonds. The lowest BCUT2D eigenvalue weighted by Crippen LogP contribution is -2.48. The molecular formula is C18H28N2O6S2. The molecule has 10 heteroatoms. The first-order valence-corrected chi connectivity index (χ1v) is 10.4. The lowest BCUT2D eigenvalue weighted by Gasteiger charge is -2.35. The van der Waals surface area contributed by atoms with E-state index in [1.165, 1.54) is 9.80 Å². The SMILES string of the molecule is C[C@@H](CC(S)(S)[C@@H](C)C(=O)N1CCC[C@@H]1C(=O)O)C(=O)N1CCC[C@@H]1C(=O)O. The molecular weight excluding hydrogens is 404 g/mol. The number of nitrogens with zero attached hydrogens (tertiary/aromatic N) is 2. The number of hydrogen-bond donors (Lipinski definition) is 4. The molecule has 2 saturated heterocycles. The van der Waals surface area contributed by atoms with Gasteiger partial charge in [0.15, 0.2) is 0 Å². The van der Waals surface area contributed by atoms with Crippen molar-refractivity contribution >= 4 is 49.0 Å². The van der Waals surface area contributed by atoms with Crippen LogP contribution in [-0.4, -0.2) is 73.0 Å². The second kappa shape index (κ2) is 8.94. The van der Waals surface area contributed by atoms with Crippen LogP contribution < -0.4 is 0 Å². The molecule has 2 fully saturated rings. The van der Waals surface area contributed by atoms with Gasteiger partial charge in [0, 0.05) is 19.0 Å². The Labute approximate surface area is 175 Å². The van der Waals surface area contributed by atoms with E-state index in [1.807, 2.05) is 0 Å². The van der Waals surface area contributed by atoms with Crippen molar-refractivity contribution in [3.8, 4) is 0 Å². The van der Waals surface area contributed by atoms with Gasteiger partial charge in [0.1, 0.15) is 12.1 Å². The highest BCUT2D eigenvalue weighted by Gasteiger charge is 2.44. The molecule has 8 nitrogen and oxygen atoms in total. The van der Waals surface area contributed by atoms with Gasteiger partial charge >= 0.3 is 11.9 Å². The number of carbonyl (C=O) groups excluding carboxylic acids is 2. The van der Waals surface area contributed by atoms with Gasteiger partial charge in [0.25, 0.3) is 0 Å². The van der Waals surface area contributed by atoms with E-state index in [1.54, 1.807) is 13.8 Å². The highest BCUT2D eigenvalue weighted by molar-refractivity contribution is 8.00. The van der Waals surface area contributed by atoms with Crippen molar-refractivity contribution in [2.45, 2.75) is 62.1 Å². The summed E-state index contributed by atoms with van der Waals surface area (Å²) in [6, 6.07) is -1.66. The van der Waals surface area contributed by atoms with Gasteiger partial charge in [0.2, 0.25) is 11.8 Å². The molecule has 2 N–H and O–H groups in total. The average Bonchev–Trinajstić information content (AvgIpc) is 3.28. The number of carbonyl (C=O) groups is 4. The van der Waals surface area contributed by atoms with Crippen molar-refractivity contribution in [1.29, 1.82) is 0 Å². The van der Waals surface area contributed by atoms with Gasteiger partial charge in [-0.3, -0.25) is 9.59 Å². The Morgan fingerprint density at radius 2 is 1.36 bits per heavy atom. The van der Waals surface area contributed by atoms with Crippen molar-refractivity contribution in [1.82, 2.24) is 9.80 Å². The summed E-state index contributed by atoms with van der Waals surface area (Å²) in [5.74, 6) is -3.97. The summed E-state index contributed by atoms with van der Waals surface area (Å²) in [6.45, 7) is 4.08. The summed E-state index contributed by atoms with van der Waals surface area (Å²) in [5.41, 5.74) is 0. The zero-order valence-electron chi connectivity index (χ0n) is 16.1. The molecule has 158 valence electrons. The summed E-state index contributed by atoms with van der Waals surface area (Å²) in [5, 5.41) is 18.6. The summed E-state index contributed by atoms with van der Waals surface area (Å²) in [6.07, 6.45) is 2.27. The standard InChI is InChI=1S/C18H28N2O6S2/c1-10(14(21)19-7-3-5-12(19)16(23)24)9-18(27,28)11(2)15(22)20-8-4-6-13(20)17(25)26/h10-13,27-28H,3-9H2,1-2H3,(H,23,24)(H,25,26)/t10-,11-,12+,13+/m0/s1. The maximum absolute atomic E-state index is 12.8. The first-order chi connectivity index (χ1) is 13.0. The van der Waals surface area contributed by atoms with Crippen LogP contribution in [0.1, 0.15) is 46.0 Å². The Balaban J connectivity index is 2.04. The predicted octanol–water partition coefficient (Wildman–Crippen LogP) is 1.36. The van der Waals surface area contributed by atoms with E-state index in [0.29, 0.717) is 38.8 Å². The Bertz CT molecular complexity index is 656. The highest BCUT2D eigenvalue weighted by atomic mass is 32.2. The molecule has 0 spiro atoms. The van der Waals surface area contributed by atoms with Crippen molar-refractivity contribution in [2.75, 3.05) is 13.1 Å². The Morgan fingerprint density at radius 1 is 0.929 bits per heavy atom. The van der Waals surface area contributed by atoms with Gasteiger partial charge in [-0.05, 0) is 32.1 Å².